The van der Waals surface area contributed by atoms with E-state index in [1.54, 1.807) is 6.07 Å². The van der Waals surface area contributed by atoms with Gasteiger partial charge in [-0.2, -0.15) is 23.5 Å². The third-order valence-electron chi connectivity index (χ3n) is 7.45. The summed E-state index contributed by atoms with van der Waals surface area (Å²) >= 11 is 6.34. The molecule has 2 aromatic heterocycles. The van der Waals surface area contributed by atoms with E-state index in [9.17, 15) is 27.6 Å². The maximum Gasteiger partial charge on any atom is 0.435 e. The Bertz CT molecular complexity index is 1650. The summed E-state index contributed by atoms with van der Waals surface area (Å²) in [5.74, 6) is -1.31. The predicted octanol–water partition coefficient (Wildman–Crippen LogP) is 2.42. The van der Waals surface area contributed by atoms with E-state index in [0.29, 0.717) is 19.4 Å². The minimum atomic E-state index is -4.79. The highest BCUT2D eigenvalue weighted by atomic mass is 35.5. The van der Waals surface area contributed by atoms with E-state index in [0.717, 1.165) is 30.0 Å². The van der Waals surface area contributed by atoms with Crippen molar-refractivity contribution in [3.05, 3.63) is 52.7 Å². The normalized spacial score (nSPS) is 18.7. The molecule has 5 rings (SSSR count). The first kappa shape index (κ1) is 33.9. The van der Waals surface area contributed by atoms with Gasteiger partial charge < -0.3 is 30.9 Å². The Balaban J connectivity index is 0.00000154. The maximum absolute atomic E-state index is 13.6. The van der Waals surface area contributed by atoms with E-state index in [-0.39, 0.29) is 70.3 Å². The number of alkyl halides is 3. The third kappa shape index (κ3) is 7.82. The van der Waals surface area contributed by atoms with Crippen LogP contribution in [-0.4, -0.2) is 73.8 Å². The van der Waals surface area contributed by atoms with Crippen molar-refractivity contribution >= 4 is 41.5 Å². The van der Waals surface area contributed by atoms with Crippen molar-refractivity contribution in [1.82, 2.24) is 35.3 Å². The zero-order valence-electron chi connectivity index (χ0n) is 24.3. The molecule has 1 atom stereocenters. The van der Waals surface area contributed by atoms with Gasteiger partial charge in [0.2, 0.25) is 5.91 Å². The Kier molecular flexibility index (Phi) is 10.6. The van der Waals surface area contributed by atoms with Crippen LogP contribution in [0.1, 0.15) is 45.9 Å². The molecule has 46 heavy (non-hydrogen) atoms. The molecule has 1 aromatic carbocycles. The first-order valence-corrected chi connectivity index (χ1v) is 14.3. The number of hydrogen-bond donors (Lipinski definition) is 5. The van der Waals surface area contributed by atoms with Crippen LogP contribution in [0.4, 0.5) is 18.9 Å². The average Bonchev–Trinajstić information content (AvgIpc) is 3.72. The van der Waals surface area contributed by atoms with E-state index in [1.807, 2.05) is 0 Å². The number of aromatic nitrogens is 4. The number of benzene rings is 1. The Morgan fingerprint density at radius 2 is 1.91 bits per heavy atom. The lowest BCUT2D eigenvalue weighted by Gasteiger charge is -2.36. The average molecular weight is 664 g/mol. The largest absolute Gasteiger partial charge is 0.483 e. The Hall–Kier alpha value is -4.95. The summed E-state index contributed by atoms with van der Waals surface area (Å²) in [4.78, 5) is 50.3. The quantitative estimate of drug-likeness (QED) is 0.225. The molecule has 18 heteroatoms. The zero-order valence-corrected chi connectivity index (χ0v) is 25.0. The lowest BCUT2D eigenvalue weighted by molar-refractivity contribution is -0.141. The molecule has 3 aromatic rings. The van der Waals surface area contributed by atoms with Crippen molar-refractivity contribution in [2.45, 2.75) is 44.1 Å². The summed E-state index contributed by atoms with van der Waals surface area (Å²) in [7, 11) is 1.38. The fourth-order valence-electron chi connectivity index (χ4n) is 5.12. The Morgan fingerprint density at radius 1 is 1.22 bits per heavy atom. The van der Waals surface area contributed by atoms with Crippen LogP contribution in [0.2, 0.25) is 5.02 Å². The standard InChI is InChI=1S/C27H27ClF3N9O3.CH2O2/c1-39-21(19-13-40(7-5-32)38-22(19)27(29,30)31)12-34-23(39)26(43)35-15-2-3-18(20(28)10-15)25(42)37-17-8-16(9-17)36-24(41)14-4-6-33-11-14;2-1-3/h2-3,10,12-14,16-17,33H,4,6-9,11H2,1H3,(H,35,43)(H,36,41)(H,37,42);1H,(H,2,3)/t14-,16?,17?;/m1./s1. The topological polar surface area (TPSA) is 196 Å². The molecule has 14 nitrogen and oxygen atoms in total. The molecule has 244 valence electrons. The summed E-state index contributed by atoms with van der Waals surface area (Å²) in [6, 6.07) is 5.92. The number of halogens is 4. The maximum atomic E-state index is 13.6. The van der Waals surface area contributed by atoms with Gasteiger partial charge in [0, 0.05) is 37.6 Å². The van der Waals surface area contributed by atoms with Crippen LogP contribution >= 0.6 is 11.6 Å². The number of nitrogens with zero attached hydrogens (tertiary/aromatic N) is 5. The number of nitriles is 1. The highest BCUT2D eigenvalue weighted by Crippen LogP contribution is 2.36. The molecule has 1 saturated carbocycles. The van der Waals surface area contributed by atoms with Crippen LogP contribution in [0.25, 0.3) is 11.3 Å². The second-order valence-corrected chi connectivity index (χ2v) is 11.0. The number of hydrogen-bond acceptors (Lipinski definition) is 8. The fourth-order valence-corrected chi connectivity index (χ4v) is 5.39. The van der Waals surface area contributed by atoms with Crippen molar-refractivity contribution in [2.75, 3.05) is 18.4 Å². The van der Waals surface area contributed by atoms with Crippen LogP contribution in [0.5, 0.6) is 0 Å². The van der Waals surface area contributed by atoms with E-state index in [2.05, 4.69) is 31.3 Å². The second-order valence-electron chi connectivity index (χ2n) is 10.6. The molecule has 3 amide bonds. The molecule has 0 spiro atoms. The molecule has 2 fully saturated rings. The van der Waals surface area contributed by atoms with Crippen LogP contribution in [0, 0.1) is 17.2 Å². The van der Waals surface area contributed by atoms with Crippen LogP contribution in [-0.2, 0) is 29.4 Å². The van der Waals surface area contributed by atoms with Gasteiger partial charge in [-0.15, -0.1) is 0 Å². The molecular formula is C28H29ClF3N9O5. The minimum Gasteiger partial charge on any atom is -0.483 e. The summed E-state index contributed by atoms with van der Waals surface area (Å²) in [6.45, 7) is 0.871. The van der Waals surface area contributed by atoms with Gasteiger partial charge in [0.25, 0.3) is 18.3 Å². The number of nitrogens with one attached hydrogen (secondary N) is 4. The molecule has 0 bridgehead atoms. The Labute approximate surface area is 264 Å². The third-order valence-corrected chi connectivity index (χ3v) is 7.77. The molecule has 5 N–H and O–H groups in total. The molecule has 0 radical (unpaired) electrons. The van der Waals surface area contributed by atoms with Crippen LogP contribution < -0.4 is 21.3 Å². The van der Waals surface area contributed by atoms with Crippen LogP contribution in [0.15, 0.2) is 30.6 Å². The van der Waals surface area contributed by atoms with Gasteiger partial charge in [0.1, 0.15) is 6.54 Å². The lowest BCUT2D eigenvalue weighted by Crippen LogP contribution is -2.54. The summed E-state index contributed by atoms with van der Waals surface area (Å²) < 4.78 is 42.8. The highest BCUT2D eigenvalue weighted by molar-refractivity contribution is 6.34. The number of carbonyl (C=O) groups excluding carboxylic acids is 3. The van der Waals surface area contributed by atoms with Gasteiger partial charge in [0.05, 0.1) is 40.0 Å². The van der Waals surface area contributed by atoms with Crippen molar-refractivity contribution in [1.29, 1.82) is 5.26 Å². The first-order valence-electron chi connectivity index (χ1n) is 13.9. The lowest BCUT2D eigenvalue weighted by atomic mass is 9.86. The molecule has 1 aliphatic carbocycles. The number of carbonyl (C=O) groups is 4. The summed E-state index contributed by atoms with van der Waals surface area (Å²) in [5.41, 5.74) is -1.14. The van der Waals surface area contributed by atoms with Gasteiger partial charge in [-0.3, -0.25) is 23.9 Å². The summed E-state index contributed by atoms with van der Waals surface area (Å²) in [5, 5.41) is 30.9. The Morgan fingerprint density at radius 3 is 2.52 bits per heavy atom. The smallest absolute Gasteiger partial charge is 0.435 e. The molecular weight excluding hydrogens is 635 g/mol. The predicted molar refractivity (Wildman–Crippen MR) is 157 cm³/mol. The van der Waals surface area contributed by atoms with E-state index in [4.69, 9.17) is 26.8 Å². The van der Waals surface area contributed by atoms with Gasteiger partial charge in [-0.25, -0.2) is 4.98 Å². The second kappa shape index (κ2) is 14.4. The summed E-state index contributed by atoms with van der Waals surface area (Å²) in [6.07, 6.45) is -0.577. The van der Waals surface area contributed by atoms with Crippen LogP contribution in [0.3, 0.4) is 0 Å². The zero-order chi connectivity index (χ0) is 33.6. The number of amides is 3. The van der Waals surface area contributed by atoms with Crippen molar-refractivity contribution in [3.8, 4) is 17.3 Å². The number of carboxylic acid groups (broad SMARTS) is 1. The van der Waals surface area contributed by atoms with Crippen molar-refractivity contribution < 1.29 is 37.5 Å². The minimum absolute atomic E-state index is 0.00637. The molecule has 1 aliphatic heterocycles. The fraction of sp³-hybridized carbons (Fsp3) is 0.393. The van der Waals surface area contributed by atoms with E-state index < -0.39 is 23.7 Å². The van der Waals surface area contributed by atoms with E-state index >= 15 is 0 Å². The van der Waals surface area contributed by atoms with Gasteiger partial charge >= 0.3 is 6.18 Å². The molecule has 2 aliphatic rings. The SMILES string of the molecule is Cn1c(-c2cn(CC#N)nc2C(F)(F)F)cnc1C(=O)Nc1ccc(C(=O)NC2CC(NC(=O)[C@@H]3CCNC3)C2)c(Cl)c1.O=CO. The van der Waals surface area contributed by atoms with Crippen molar-refractivity contribution in [2.24, 2.45) is 13.0 Å². The number of rotatable bonds is 8. The number of anilines is 1. The van der Waals surface area contributed by atoms with Crippen molar-refractivity contribution in [3.63, 3.8) is 0 Å². The van der Waals surface area contributed by atoms with Gasteiger partial charge in [0.15, 0.2) is 11.5 Å². The van der Waals surface area contributed by atoms with Gasteiger partial charge in [-0.1, -0.05) is 11.6 Å². The van der Waals surface area contributed by atoms with E-state index in [1.165, 1.54) is 29.8 Å². The molecule has 3 heterocycles. The first-order chi connectivity index (χ1) is 21.9. The monoisotopic (exact) mass is 663 g/mol. The van der Waals surface area contributed by atoms with Gasteiger partial charge in [-0.05, 0) is 44.0 Å². The highest BCUT2D eigenvalue weighted by Gasteiger charge is 2.39. The molecule has 0 unspecified atom stereocenters. The number of imidazole rings is 1. The molecule has 1 saturated heterocycles.